The van der Waals surface area contributed by atoms with E-state index >= 15 is 0 Å². The van der Waals surface area contributed by atoms with Crippen LogP contribution in [0.1, 0.15) is 10.4 Å². The minimum absolute atomic E-state index is 0.290. The summed E-state index contributed by atoms with van der Waals surface area (Å²) in [5.74, 6) is 0.410. The van der Waals surface area contributed by atoms with Gasteiger partial charge in [-0.3, -0.25) is 9.52 Å². The summed E-state index contributed by atoms with van der Waals surface area (Å²) in [6.45, 7) is 0. The third kappa shape index (κ3) is 4.46. The zero-order valence-corrected chi connectivity index (χ0v) is 14.4. The van der Waals surface area contributed by atoms with E-state index in [0.717, 1.165) is 4.31 Å². The molecule has 2 aromatic rings. The average Bonchev–Trinajstić information content (AvgIpc) is 2.55. The molecule has 0 aliphatic heterocycles. The molecule has 0 aliphatic carbocycles. The molecule has 0 bridgehead atoms. The fourth-order valence-corrected chi connectivity index (χ4v) is 2.42. The fraction of sp³-hybridized carbons (Fsp3) is 0.188. The standard InChI is InChI=1S/C16H19N3O4S/c1-19(2)24(21,22)18-14-6-4-12(5-7-14)16(20)17-13-8-10-15(23-3)11-9-13/h4-11,18H,1-3H3,(H,17,20). The van der Waals surface area contributed by atoms with Crippen LogP contribution in [0, 0.1) is 0 Å². The van der Waals surface area contributed by atoms with Crippen molar-refractivity contribution in [3.8, 4) is 5.75 Å². The van der Waals surface area contributed by atoms with Crippen LogP contribution in [0.3, 0.4) is 0 Å². The smallest absolute Gasteiger partial charge is 0.301 e. The molecule has 0 aromatic heterocycles. The van der Waals surface area contributed by atoms with Crippen LogP contribution in [0.4, 0.5) is 11.4 Å². The van der Waals surface area contributed by atoms with E-state index in [9.17, 15) is 13.2 Å². The van der Waals surface area contributed by atoms with E-state index in [-0.39, 0.29) is 5.91 Å². The van der Waals surface area contributed by atoms with Gasteiger partial charge >= 0.3 is 10.2 Å². The number of carbonyl (C=O) groups excluding carboxylic acids is 1. The van der Waals surface area contributed by atoms with Gasteiger partial charge in [-0.2, -0.15) is 12.7 Å². The van der Waals surface area contributed by atoms with E-state index in [1.54, 1.807) is 43.5 Å². The molecule has 2 rings (SSSR count). The van der Waals surface area contributed by atoms with Crippen LogP contribution in [0.25, 0.3) is 0 Å². The van der Waals surface area contributed by atoms with Crippen molar-refractivity contribution >= 4 is 27.5 Å². The molecule has 7 nitrogen and oxygen atoms in total. The van der Waals surface area contributed by atoms with E-state index in [2.05, 4.69) is 10.0 Å². The highest BCUT2D eigenvalue weighted by atomic mass is 32.2. The van der Waals surface area contributed by atoms with Crippen molar-refractivity contribution in [3.05, 3.63) is 54.1 Å². The number of anilines is 2. The van der Waals surface area contributed by atoms with E-state index < -0.39 is 10.2 Å². The molecule has 0 radical (unpaired) electrons. The van der Waals surface area contributed by atoms with Crippen LogP contribution >= 0.6 is 0 Å². The van der Waals surface area contributed by atoms with Gasteiger partial charge in [0, 0.05) is 31.0 Å². The van der Waals surface area contributed by atoms with Gasteiger partial charge in [0.05, 0.1) is 7.11 Å². The van der Waals surface area contributed by atoms with Gasteiger partial charge in [-0.25, -0.2) is 0 Å². The summed E-state index contributed by atoms with van der Waals surface area (Å²) in [5, 5.41) is 2.75. The number of hydrogen-bond donors (Lipinski definition) is 2. The summed E-state index contributed by atoms with van der Waals surface area (Å²) < 4.78 is 32.0. The zero-order chi connectivity index (χ0) is 17.7. The topological polar surface area (TPSA) is 87.7 Å². The molecule has 1 amide bonds. The Morgan fingerprint density at radius 1 is 0.958 bits per heavy atom. The van der Waals surface area contributed by atoms with Crippen LogP contribution in [0.2, 0.25) is 0 Å². The predicted octanol–water partition coefficient (Wildman–Crippen LogP) is 2.17. The number of nitrogens with one attached hydrogen (secondary N) is 2. The molecule has 24 heavy (non-hydrogen) atoms. The number of amides is 1. The van der Waals surface area contributed by atoms with Crippen LogP contribution in [0.5, 0.6) is 5.75 Å². The van der Waals surface area contributed by atoms with Gasteiger partial charge in [0.2, 0.25) is 0 Å². The summed E-state index contributed by atoms with van der Waals surface area (Å²) in [6, 6.07) is 13.1. The Balaban J connectivity index is 2.05. The summed E-state index contributed by atoms with van der Waals surface area (Å²) in [4.78, 5) is 12.2. The highest BCUT2D eigenvalue weighted by Crippen LogP contribution is 2.17. The van der Waals surface area contributed by atoms with Gasteiger partial charge in [-0.1, -0.05) is 0 Å². The number of methoxy groups -OCH3 is 1. The highest BCUT2D eigenvalue weighted by molar-refractivity contribution is 7.90. The van der Waals surface area contributed by atoms with E-state index in [4.69, 9.17) is 4.74 Å². The lowest BCUT2D eigenvalue weighted by Gasteiger charge is -2.13. The van der Waals surface area contributed by atoms with Gasteiger partial charge in [-0.05, 0) is 48.5 Å². The molecule has 8 heteroatoms. The Bertz CT molecular complexity index is 800. The lowest BCUT2D eigenvalue weighted by Crippen LogP contribution is -2.28. The van der Waals surface area contributed by atoms with Crippen molar-refractivity contribution in [1.82, 2.24) is 4.31 Å². The van der Waals surface area contributed by atoms with Crippen molar-refractivity contribution < 1.29 is 17.9 Å². The molecule has 128 valence electrons. The third-order valence-corrected chi connectivity index (χ3v) is 4.68. The van der Waals surface area contributed by atoms with E-state index in [1.165, 1.54) is 26.2 Å². The van der Waals surface area contributed by atoms with Crippen LogP contribution in [-0.4, -0.2) is 39.8 Å². The molecule has 0 saturated heterocycles. The van der Waals surface area contributed by atoms with Crippen molar-refractivity contribution in [2.24, 2.45) is 0 Å². The highest BCUT2D eigenvalue weighted by Gasteiger charge is 2.13. The molecule has 2 aromatic carbocycles. The van der Waals surface area contributed by atoms with Gasteiger partial charge in [0.15, 0.2) is 0 Å². The first-order valence-electron chi connectivity index (χ1n) is 7.07. The molecule has 0 spiro atoms. The Labute approximate surface area is 141 Å². The second-order valence-electron chi connectivity index (χ2n) is 5.15. The Morgan fingerprint density at radius 2 is 1.50 bits per heavy atom. The largest absolute Gasteiger partial charge is 0.497 e. The van der Waals surface area contributed by atoms with Crippen LogP contribution in [-0.2, 0) is 10.2 Å². The Kier molecular flexibility index (Phi) is 5.42. The maximum Gasteiger partial charge on any atom is 0.301 e. The number of ether oxygens (including phenoxy) is 1. The lowest BCUT2D eigenvalue weighted by molar-refractivity contribution is 0.102. The molecular formula is C16H19N3O4S. The van der Waals surface area contributed by atoms with Crippen molar-refractivity contribution in [1.29, 1.82) is 0 Å². The zero-order valence-electron chi connectivity index (χ0n) is 13.6. The number of rotatable bonds is 6. The molecule has 0 atom stereocenters. The minimum Gasteiger partial charge on any atom is -0.497 e. The molecule has 0 heterocycles. The molecular weight excluding hydrogens is 330 g/mol. The number of carbonyl (C=O) groups is 1. The molecule has 0 saturated carbocycles. The maximum atomic E-state index is 12.2. The van der Waals surface area contributed by atoms with Gasteiger partial charge in [0.1, 0.15) is 5.75 Å². The van der Waals surface area contributed by atoms with Gasteiger partial charge < -0.3 is 10.1 Å². The number of hydrogen-bond acceptors (Lipinski definition) is 4. The van der Waals surface area contributed by atoms with Crippen LogP contribution in [0.15, 0.2) is 48.5 Å². The minimum atomic E-state index is -3.57. The van der Waals surface area contributed by atoms with Crippen molar-refractivity contribution in [2.75, 3.05) is 31.2 Å². The predicted molar refractivity (Wildman–Crippen MR) is 93.6 cm³/mol. The maximum absolute atomic E-state index is 12.2. The van der Waals surface area contributed by atoms with Gasteiger partial charge in [0.25, 0.3) is 5.91 Å². The monoisotopic (exact) mass is 349 g/mol. The van der Waals surface area contributed by atoms with Crippen molar-refractivity contribution in [3.63, 3.8) is 0 Å². The summed E-state index contributed by atoms with van der Waals surface area (Å²) >= 11 is 0. The quantitative estimate of drug-likeness (QED) is 0.837. The van der Waals surface area contributed by atoms with Gasteiger partial charge in [-0.15, -0.1) is 0 Å². The fourth-order valence-electron chi connectivity index (χ4n) is 1.81. The molecule has 0 unspecified atom stereocenters. The summed E-state index contributed by atoms with van der Waals surface area (Å²) in [6.07, 6.45) is 0. The van der Waals surface area contributed by atoms with Crippen molar-refractivity contribution in [2.45, 2.75) is 0 Å². The first kappa shape index (κ1) is 17.8. The average molecular weight is 349 g/mol. The van der Waals surface area contributed by atoms with E-state index in [1.807, 2.05) is 0 Å². The van der Waals surface area contributed by atoms with E-state index in [0.29, 0.717) is 22.7 Å². The third-order valence-electron chi connectivity index (χ3n) is 3.22. The Hall–Kier alpha value is -2.58. The normalized spacial score (nSPS) is 11.2. The summed E-state index contributed by atoms with van der Waals surface area (Å²) in [7, 11) is 0.860. The first-order valence-corrected chi connectivity index (χ1v) is 8.51. The molecule has 0 aliphatic rings. The van der Waals surface area contributed by atoms with Crippen LogP contribution < -0.4 is 14.8 Å². The Morgan fingerprint density at radius 3 is 2.00 bits per heavy atom. The molecule has 0 fully saturated rings. The summed E-state index contributed by atoms with van der Waals surface area (Å²) in [5.41, 5.74) is 1.43. The second kappa shape index (κ2) is 7.33. The number of nitrogens with zero attached hydrogens (tertiary/aromatic N) is 1. The SMILES string of the molecule is COc1ccc(NC(=O)c2ccc(NS(=O)(=O)N(C)C)cc2)cc1. The first-order chi connectivity index (χ1) is 11.3. The second-order valence-corrected chi connectivity index (χ2v) is 7.03. The molecule has 2 N–H and O–H groups in total. The lowest BCUT2D eigenvalue weighted by atomic mass is 10.2. The number of benzene rings is 2.